The highest BCUT2D eigenvalue weighted by Gasteiger charge is 2.45. The third-order valence-corrected chi connectivity index (χ3v) is 2.79. The van der Waals surface area contributed by atoms with Crippen LogP contribution in [-0.4, -0.2) is 43.9 Å². The minimum Gasteiger partial charge on any atom is -0.357 e. The lowest BCUT2D eigenvalue weighted by Gasteiger charge is -2.44. The average Bonchev–Trinajstić information content (AvgIpc) is 2.28. The maximum Gasteiger partial charge on any atom is 0.249 e. The van der Waals surface area contributed by atoms with E-state index in [9.17, 15) is 9.59 Å². The fourth-order valence-corrected chi connectivity index (χ4v) is 1.73. The van der Waals surface area contributed by atoms with Crippen molar-refractivity contribution in [3.63, 3.8) is 0 Å². The lowest BCUT2D eigenvalue weighted by Crippen LogP contribution is -2.56. The van der Waals surface area contributed by atoms with Crippen molar-refractivity contribution in [1.82, 2.24) is 10.6 Å². The second-order valence-electron chi connectivity index (χ2n) is 5.54. The Kier molecular flexibility index (Phi) is 4.70. The highest BCUT2D eigenvalue weighted by molar-refractivity contribution is 5.81. The summed E-state index contributed by atoms with van der Waals surface area (Å²) in [6.07, 6.45) is 0.0435. The average molecular weight is 258 g/mol. The van der Waals surface area contributed by atoms with Gasteiger partial charge in [0.05, 0.1) is 6.61 Å². The number of carbonyl (C=O) groups excluding carboxylic acids is 2. The molecule has 0 radical (unpaired) electrons. The van der Waals surface area contributed by atoms with E-state index in [4.69, 9.17) is 9.47 Å². The normalized spacial score (nSPS) is 25.2. The SMILES string of the molecule is CC1(C)OCC(C)(C)C(C(=O)NCCNC=O)O1. The van der Waals surface area contributed by atoms with Gasteiger partial charge in [0.1, 0.15) is 6.10 Å². The van der Waals surface area contributed by atoms with E-state index in [1.165, 1.54) is 0 Å². The van der Waals surface area contributed by atoms with E-state index >= 15 is 0 Å². The predicted octanol–water partition coefficient (Wildman–Crippen LogP) is 0.0263. The van der Waals surface area contributed by atoms with Crippen LogP contribution in [0.25, 0.3) is 0 Å². The third kappa shape index (κ3) is 3.96. The van der Waals surface area contributed by atoms with Crippen LogP contribution in [0.5, 0.6) is 0 Å². The molecule has 0 aromatic rings. The van der Waals surface area contributed by atoms with Crippen LogP contribution in [-0.2, 0) is 19.1 Å². The molecule has 1 aliphatic heterocycles. The van der Waals surface area contributed by atoms with E-state index in [2.05, 4.69) is 10.6 Å². The summed E-state index contributed by atoms with van der Waals surface area (Å²) < 4.78 is 11.2. The molecule has 1 atom stereocenters. The number of hydrogen-bond donors (Lipinski definition) is 2. The molecule has 104 valence electrons. The Morgan fingerprint density at radius 1 is 1.33 bits per heavy atom. The Hall–Kier alpha value is -1.14. The molecule has 1 saturated heterocycles. The molecule has 1 aliphatic rings. The van der Waals surface area contributed by atoms with Gasteiger partial charge in [0.15, 0.2) is 5.79 Å². The quantitative estimate of drug-likeness (QED) is 0.538. The van der Waals surface area contributed by atoms with Gasteiger partial charge >= 0.3 is 0 Å². The number of rotatable bonds is 5. The van der Waals surface area contributed by atoms with Gasteiger partial charge in [-0.2, -0.15) is 0 Å². The van der Waals surface area contributed by atoms with E-state index < -0.39 is 11.9 Å². The zero-order chi connectivity index (χ0) is 13.8. The van der Waals surface area contributed by atoms with Crippen LogP contribution in [0.2, 0.25) is 0 Å². The highest BCUT2D eigenvalue weighted by atomic mass is 16.7. The predicted molar refractivity (Wildman–Crippen MR) is 65.8 cm³/mol. The summed E-state index contributed by atoms with van der Waals surface area (Å²) in [5.74, 6) is -0.928. The van der Waals surface area contributed by atoms with E-state index in [-0.39, 0.29) is 11.3 Å². The molecule has 18 heavy (non-hydrogen) atoms. The minimum atomic E-state index is -0.751. The topological polar surface area (TPSA) is 76.7 Å². The summed E-state index contributed by atoms with van der Waals surface area (Å²) in [7, 11) is 0. The van der Waals surface area contributed by atoms with Crippen molar-refractivity contribution in [1.29, 1.82) is 0 Å². The Balaban J connectivity index is 2.55. The molecule has 6 heteroatoms. The molecule has 1 unspecified atom stereocenters. The maximum atomic E-state index is 12.1. The van der Waals surface area contributed by atoms with Crippen LogP contribution in [0.1, 0.15) is 27.7 Å². The molecule has 0 saturated carbocycles. The maximum absolute atomic E-state index is 12.1. The lowest BCUT2D eigenvalue weighted by atomic mass is 9.85. The summed E-state index contributed by atoms with van der Waals surface area (Å²) in [4.78, 5) is 22.1. The first-order valence-corrected chi connectivity index (χ1v) is 6.05. The van der Waals surface area contributed by atoms with Crippen molar-refractivity contribution in [3.05, 3.63) is 0 Å². The molecular weight excluding hydrogens is 236 g/mol. The van der Waals surface area contributed by atoms with Crippen molar-refractivity contribution < 1.29 is 19.1 Å². The van der Waals surface area contributed by atoms with Gasteiger partial charge in [0, 0.05) is 18.5 Å². The molecule has 0 spiro atoms. The molecule has 6 nitrogen and oxygen atoms in total. The first-order chi connectivity index (χ1) is 8.28. The number of carbonyl (C=O) groups is 2. The Morgan fingerprint density at radius 3 is 2.61 bits per heavy atom. The van der Waals surface area contributed by atoms with Crippen LogP contribution in [0, 0.1) is 5.41 Å². The molecule has 0 aromatic heterocycles. The van der Waals surface area contributed by atoms with Crippen molar-refractivity contribution in [2.75, 3.05) is 19.7 Å². The summed E-state index contributed by atoms with van der Waals surface area (Å²) in [6.45, 7) is 8.68. The summed E-state index contributed by atoms with van der Waals surface area (Å²) in [5.41, 5.74) is -0.377. The van der Waals surface area contributed by atoms with Gasteiger partial charge in [-0.1, -0.05) is 13.8 Å². The first-order valence-electron chi connectivity index (χ1n) is 6.05. The van der Waals surface area contributed by atoms with Gasteiger partial charge in [-0.25, -0.2) is 0 Å². The van der Waals surface area contributed by atoms with Gasteiger partial charge in [-0.05, 0) is 13.8 Å². The Labute approximate surface area is 107 Å². The van der Waals surface area contributed by atoms with Gasteiger partial charge in [-0.3, -0.25) is 9.59 Å². The highest BCUT2D eigenvalue weighted by Crippen LogP contribution is 2.34. The molecule has 0 aliphatic carbocycles. The number of amides is 2. The lowest BCUT2D eigenvalue weighted by molar-refractivity contribution is -0.304. The van der Waals surface area contributed by atoms with E-state index in [1.807, 2.05) is 13.8 Å². The minimum absolute atomic E-state index is 0.177. The van der Waals surface area contributed by atoms with Gasteiger partial charge < -0.3 is 20.1 Å². The molecule has 1 heterocycles. The number of nitrogens with one attached hydrogen (secondary N) is 2. The van der Waals surface area contributed by atoms with Crippen molar-refractivity contribution >= 4 is 12.3 Å². The zero-order valence-corrected chi connectivity index (χ0v) is 11.4. The van der Waals surface area contributed by atoms with E-state index in [0.717, 1.165) is 0 Å². The molecular formula is C12H22N2O4. The van der Waals surface area contributed by atoms with Gasteiger partial charge in [0.25, 0.3) is 0 Å². The van der Waals surface area contributed by atoms with Crippen LogP contribution in [0.15, 0.2) is 0 Å². The molecule has 0 aromatic carbocycles. The zero-order valence-electron chi connectivity index (χ0n) is 11.4. The first kappa shape index (κ1) is 14.9. The standard InChI is InChI=1S/C12H22N2O4/c1-11(2)7-17-12(3,4)18-9(11)10(16)14-6-5-13-8-15/h8-9H,5-7H2,1-4H3,(H,13,15)(H,14,16). The van der Waals surface area contributed by atoms with E-state index in [0.29, 0.717) is 26.1 Å². The smallest absolute Gasteiger partial charge is 0.249 e. The second-order valence-corrected chi connectivity index (χ2v) is 5.54. The molecule has 1 fully saturated rings. The number of ether oxygens (including phenoxy) is 2. The van der Waals surface area contributed by atoms with Crippen LogP contribution < -0.4 is 10.6 Å². The molecule has 0 bridgehead atoms. The van der Waals surface area contributed by atoms with Crippen LogP contribution in [0.3, 0.4) is 0 Å². The monoisotopic (exact) mass is 258 g/mol. The Bertz CT molecular complexity index is 315. The fourth-order valence-electron chi connectivity index (χ4n) is 1.73. The Morgan fingerprint density at radius 2 is 2.00 bits per heavy atom. The fraction of sp³-hybridized carbons (Fsp3) is 0.833. The summed E-state index contributed by atoms with van der Waals surface area (Å²) >= 11 is 0. The summed E-state index contributed by atoms with van der Waals surface area (Å²) in [6, 6.07) is 0. The largest absolute Gasteiger partial charge is 0.357 e. The second kappa shape index (κ2) is 5.67. The van der Waals surface area contributed by atoms with Gasteiger partial charge in [-0.15, -0.1) is 0 Å². The van der Waals surface area contributed by atoms with Crippen LogP contribution in [0.4, 0.5) is 0 Å². The van der Waals surface area contributed by atoms with Crippen molar-refractivity contribution in [2.24, 2.45) is 5.41 Å². The molecule has 1 rings (SSSR count). The third-order valence-electron chi connectivity index (χ3n) is 2.79. The van der Waals surface area contributed by atoms with E-state index in [1.54, 1.807) is 13.8 Å². The summed E-state index contributed by atoms with van der Waals surface area (Å²) in [5, 5.41) is 5.22. The van der Waals surface area contributed by atoms with Crippen LogP contribution >= 0.6 is 0 Å². The number of hydrogen-bond acceptors (Lipinski definition) is 4. The van der Waals surface area contributed by atoms with Crippen molar-refractivity contribution in [2.45, 2.75) is 39.6 Å². The van der Waals surface area contributed by atoms with Crippen molar-refractivity contribution in [3.8, 4) is 0 Å². The molecule has 2 N–H and O–H groups in total. The van der Waals surface area contributed by atoms with Gasteiger partial charge in [0.2, 0.25) is 12.3 Å². The molecule has 2 amide bonds.